The van der Waals surface area contributed by atoms with Crippen molar-refractivity contribution in [3.8, 4) is 0 Å². The van der Waals surface area contributed by atoms with Gasteiger partial charge in [0.2, 0.25) is 21.8 Å². The first-order valence-corrected chi connectivity index (χ1v) is 16.7. The number of amides is 2. The van der Waals surface area contributed by atoms with Crippen LogP contribution in [0.15, 0.2) is 77.3 Å². The lowest BCUT2D eigenvalue weighted by Crippen LogP contribution is -2.54. The molecule has 0 radical (unpaired) electrons. The van der Waals surface area contributed by atoms with Gasteiger partial charge >= 0.3 is 0 Å². The highest BCUT2D eigenvalue weighted by Crippen LogP contribution is 2.31. The second-order valence-corrected chi connectivity index (χ2v) is 13.9. The predicted octanol–water partition coefficient (Wildman–Crippen LogP) is 6.22. The minimum atomic E-state index is -3.93. The maximum absolute atomic E-state index is 14.2. The van der Waals surface area contributed by atoms with E-state index >= 15 is 0 Å². The van der Waals surface area contributed by atoms with E-state index in [0.717, 1.165) is 51.8 Å². The van der Waals surface area contributed by atoms with Crippen LogP contribution in [0.25, 0.3) is 0 Å². The highest BCUT2D eigenvalue weighted by atomic mass is 79.9. The molecule has 7 nitrogen and oxygen atoms in total. The number of anilines is 1. The summed E-state index contributed by atoms with van der Waals surface area (Å²) in [4.78, 5) is 29.5. The summed E-state index contributed by atoms with van der Waals surface area (Å²) in [5, 5.41) is 3.58. The van der Waals surface area contributed by atoms with Gasteiger partial charge in [-0.15, -0.1) is 0 Å². The Balaban J connectivity index is 1.73. The predicted molar refractivity (Wildman–Crippen MR) is 168 cm³/mol. The minimum absolute atomic E-state index is 0.0470. The van der Waals surface area contributed by atoms with Gasteiger partial charge in [-0.2, -0.15) is 0 Å². The third-order valence-corrected chi connectivity index (χ3v) is 9.29. The van der Waals surface area contributed by atoms with E-state index in [0.29, 0.717) is 5.02 Å². The molecule has 2 amide bonds. The third-order valence-electron chi connectivity index (χ3n) is 7.10. The maximum atomic E-state index is 14.2. The van der Waals surface area contributed by atoms with Crippen molar-refractivity contribution in [2.45, 2.75) is 50.7 Å². The third kappa shape index (κ3) is 8.70. The number of sulfonamides is 1. The fourth-order valence-corrected chi connectivity index (χ4v) is 6.67. The zero-order chi connectivity index (χ0) is 29.6. The van der Waals surface area contributed by atoms with Gasteiger partial charge in [-0.3, -0.25) is 13.9 Å². The van der Waals surface area contributed by atoms with Crippen molar-refractivity contribution in [2.75, 3.05) is 17.1 Å². The first kappa shape index (κ1) is 31.3. The largest absolute Gasteiger partial charge is 0.352 e. The second kappa shape index (κ2) is 14.1. The van der Waals surface area contributed by atoms with Gasteiger partial charge in [-0.25, -0.2) is 8.42 Å². The molecule has 0 unspecified atom stereocenters. The zero-order valence-corrected chi connectivity index (χ0v) is 26.5. The SMILES string of the molecule is CS(=O)(=O)N(CC(=O)N(Cc1ccc(Br)cc1)[C@@H](Cc1ccccc1)C(=O)NC1CCCC1)c1ccc(Cl)cc1Cl. The number of carbonyl (C=O) groups excluding carboxylic acids is 2. The molecule has 0 spiro atoms. The van der Waals surface area contributed by atoms with E-state index in [1.165, 1.54) is 23.1 Å². The van der Waals surface area contributed by atoms with Crippen LogP contribution >= 0.6 is 39.1 Å². The van der Waals surface area contributed by atoms with E-state index in [4.69, 9.17) is 23.2 Å². The average Bonchev–Trinajstić information content (AvgIpc) is 3.43. The van der Waals surface area contributed by atoms with Crippen molar-refractivity contribution < 1.29 is 18.0 Å². The van der Waals surface area contributed by atoms with Crippen LogP contribution in [0.5, 0.6) is 0 Å². The molecule has 0 aliphatic heterocycles. The molecule has 4 rings (SSSR count). The fraction of sp³-hybridized carbons (Fsp3) is 0.333. The van der Waals surface area contributed by atoms with Crippen molar-refractivity contribution >= 4 is 66.7 Å². The Kier molecular flexibility index (Phi) is 10.7. The highest BCUT2D eigenvalue weighted by molar-refractivity contribution is 9.10. The van der Waals surface area contributed by atoms with Gasteiger partial charge in [0.25, 0.3) is 0 Å². The summed E-state index contributed by atoms with van der Waals surface area (Å²) in [7, 11) is -3.93. The molecule has 1 aliphatic rings. The average molecular weight is 681 g/mol. The van der Waals surface area contributed by atoms with Crippen LogP contribution in [0.1, 0.15) is 36.8 Å². The first-order valence-electron chi connectivity index (χ1n) is 13.3. The molecule has 3 aromatic carbocycles. The van der Waals surface area contributed by atoms with Gasteiger partial charge < -0.3 is 10.2 Å². The van der Waals surface area contributed by atoms with Crippen molar-refractivity contribution in [1.29, 1.82) is 0 Å². The van der Waals surface area contributed by atoms with Crippen molar-refractivity contribution in [3.05, 3.63) is 98.4 Å². The quantitative estimate of drug-likeness (QED) is 0.261. The number of hydrogen-bond acceptors (Lipinski definition) is 4. The molecule has 0 bridgehead atoms. The molecule has 1 N–H and O–H groups in total. The van der Waals surface area contributed by atoms with Crippen LogP contribution in [-0.4, -0.2) is 50.0 Å². The lowest BCUT2D eigenvalue weighted by molar-refractivity contribution is -0.140. The van der Waals surface area contributed by atoms with Crippen LogP contribution in [-0.2, 0) is 32.6 Å². The van der Waals surface area contributed by atoms with Crippen LogP contribution in [0, 0.1) is 0 Å². The molecule has 1 saturated carbocycles. The molecule has 0 heterocycles. The first-order chi connectivity index (χ1) is 19.5. The number of nitrogens with zero attached hydrogens (tertiary/aromatic N) is 2. The molecule has 3 aromatic rings. The number of nitrogens with one attached hydrogen (secondary N) is 1. The van der Waals surface area contributed by atoms with Gasteiger partial charge in [-0.05, 0) is 54.3 Å². The van der Waals surface area contributed by atoms with Gasteiger partial charge in [0.15, 0.2) is 0 Å². The molecular weight excluding hydrogens is 649 g/mol. The molecule has 218 valence electrons. The van der Waals surface area contributed by atoms with E-state index in [2.05, 4.69) is 21.2 Å². The summed E-state index contributed by atoms with van der Waals surface area (Å²) >= 11 is 15.8. The standard InChI is InChI=1S/C30H32BrCl2N3O4S/c1-41(39,40)36(27-16-15-24(32)18-26(27)33)20-29(37)35(19-22-11-13-23(31)14-12-22)28(17-21-7-3-2-4-8-21)30(38)34-25-9-5-6-10-25/h2-4,7-8,11-16,18,25,28H,5-6,9-10,17,19-20H2,1H3,(H,34,38)/t28-/m0/s1. The summed E-state index contributed by atoms with van der Waals surface area (Å²) in [6.45, 7) is -0.438. The summed E-state index contributed by atoms with van der Waals surface area (Å²) in [5.41, 5.74) is 1.81. The van der Waals surface area contributed by atoms with Gasteiger partial charge in [0, 0.05) is 28.5 Å². The second-order valence-electron chi connectivity index (χ2n) is 10.2. The van der Waals surface area contributed by atoms with Gasteiger partial charge in [-0.1, -0.05) is 94.4 Å². The van der Waals surface area contributed by atoms with E-state index in [1.807, 2.05) is 54.6 Å². The number of halogens is 3. The van der Waals surface area contributed by atoms with Crippen LogP contribution in [0.3, 0.4) is 0 Å². The minimum Gasteiger partial charge on any atom is -0.352 e. The van der Waals surface area contributed by atoms with Crippen LogP contribution < -0.4 is 9.62 Å². The van der Waals surface area contributed by atoms with Gasteiger partial charge in [0.05, 0.1) is 17.0 Å². The van der Waals surface area contributed by atoms with E-state index in [1.54, 1.807) is 0 Å². The summed E-state index contributed by atoms with van der Waals surface area (Å²) in [6, 6.07) is 20.5. The number of carbonyl (C=O) groups is 2. The Bertz CT molecular complexity index is 1470. The summed E-state index contributed by atoms with van der Waals surface area (Å²) in [6.07, 6.45) is 5.14. The fourth-order valence-electron chi connectivity index (χ4n) is 4.99. The van der Waals surface area contributed by atoms with Gasteiger partial charge in [0.1, 0.15) is 12.6 Å². The molecule has 0 aromatic heterocycles. The van der Waals surface area contributed by atoms with E-state index in [-0.39, 0.29) is 35.6 Å². The Morgan fingerprint density at radius 2 is 1.63 bits per heavy atom. The number of hydrogen-bond donors (Lipinski definition) is 1. The van der Waals surface area contributed by atoms with Crippen molar-refractivity contribution in [1.82, 2.24) is 10.2 Å². The Morgan fingerprint density at radius 3 is 2.24 bits per heavy atom. The topological polar surface area (TPSA) is 86.8 Å². The van der Waals surface area contributed by atoms with E-state index in [9.17, 15) is 18.0 Å². The van der Waals surface area contributed by atoms with Crippen molar-refractivity contribution in [2.24, 2.45) is 0 Å². The van der Waals surface area contributed by atoms with Crippen LogP contribution in [0.4, 0.5) is 5.69 Å². The molecule has 41 heavy (non-hydrogen) atoms. The maximum Gasteiger partial charge on any atom is 0.244 e. The number of rotatable bonds is 11. The van der Waals surface area contributed by atoms with Crippen LogP contribution in [0.2, 0.25) is 10.0 Å². The van der Waals surface area contributed by atoms with Crippen molar-refractivity contribution in [3.63, 3.8) is 0 Å². The molecule has 0 saturated heterocycles. The normalized spacial score (nSPS) is 14.4. The molecule has 1 atom stereocenters. The molecule has 1 fully saturated rings. The highest BCUT2D eigenvalue weighted by Gasteiger charge is 2.34. The molecule has 11 heteroatoms. The lowest BCUT2D eigenvalue weighted by Gasteiger charge is -2.34. The summed E-state index contributed by atoms with van der Waals surface area (Å²) in [5.74, 6) is -0.798. The molecule has 1 aliphatic carbocycles. The number of benzene rings is 3. The smallest absolute Gasteiger partial charge is 0.244 e. The summed E-state index contributed by atoms with van der Waals surface area (Å²) < 4.78 is 27.7. The van der Waals surface area contributed by atoms with E-state index < -0.39 is 28.5 Å². The Morgan fingerprint density at radius 1 is 0.976 bits per heavy atom. The zero-order valence-electron chi connectivity index (χ0n) is 22.6. The Labute approximate surface area is 260 Å². The molecular formula is C30H32BrCl2N3O4S. The monoisotopic (exact) mass is 679 g/mol. The Hall–Kier alpha value is -2.59. The lowest BCUT2D eigenvalue weighted by atomic mass is 10.0.